The Balaban J connectivity index is 1.58. The summed E-state index contributed by atoms with van der Waals surface area (Å²) in [5, 5.41) is 9.97. The Morgan fingerprint density at radius 2 is 2.03 bits per heavy atom. The minimum Gasteiger partial charge on any atom is -0.339 e. The predicted molar refractivity (Wildman–Crippen MR) is 121 cm³/mol. The number of carbonyl (C=O) groups excluding carboxylic acids is 1. The molecule has 12 heteroatoms. The SMILES string of the molecule is CCC1CCCCN1C(=O)CSc1nc2c(cnn2-c2ccc(S(N)(=O)=O)cc2)c(=O)[nH]1. The molecule has 0 radical (unpaired) electrons. The highest BCUT2D eigenvalue weighted by atomic mass is 32.2. The van der Waals surface area contributed by atoms with E-state index < -0.39 is 10.0 Å². The average Bonchev–Trinajstić information content (AvgIpc) is 3.21. The van der Waals surface area contributed by atoms with Crippen LogP contribution >= 0.6 is 11.8 Å². The Morgan fingerprint density at radius 1 is 1.28 bits per heavy atom. The minimum absolute atomic E-state index is 0.0265. The maximum absolute atomic E-state index is 12.7. The molecule has 32 heavy (non-hydrogen) atoms. The van der Waals surface area contributed by atoms with Crippen LogP contribution in [0, 0.1) is 0 Å². The molecule has 1 saturated heterocycles. The lowest BCUT2D eigenvalue weighted by Gasteiger charge is -2.35. The molecular weight excluding hydrogens is 452 g/mol. The number of rotatable bonds is 6. The highest BCUT2D eigenvalue weighted by molar-refractivity contribution is 7.99. The number of nitrogens with one attached hydrogen (secondary N) is 1. The van der Waals surface area contributed by atoms with Gasteiger partial charge >= 0.3 is 0 Å². The summed E-state index contributed by atoms with van der Waals surface area (Å²) in [7, 11) is -3.81. The van der Waals surface area contributed by atoms with Crippen molar-refractivity contribution in [2.45, 2.75) is 48.7 Å². The van der Waals surface area contributed by atoms with E-state index in [0.29, 0.717) is 21.9 Å². The van der Waals surface area contributed by atoms with Crippen LogP contribution in [0.2, 0.25) is 0 Å². The number of amides is 1. The lowest BCUT2D eigenvalue weighted by molar-refractivity contribution is -0.132. The van der Waals surface area contributed by atoms with Gasteiger partial charge in [0.15, 0.2) is 10.8 Å². The summed E-state index contributed by atoms with van der Waals surface area (Å²) >= 11 is 1.18. The topological polar surface area (TPSA) is 144 Å². The number of fused-ring (bicyclic) bond motifs is 1. The molecule has 3 aromatic rings. The average molecular weight is 477 g/mol. The molecule has 1 amide bonds. The Kier molecular flexibility index (Phi) is 6.35. The molecule has 1 unspecified atom stereocenters. The number of aromatic amines is 1. The first kappa shape index (κ1) is 22.5. The summed E-state index contributed by atoms with van der Waals surface area (Å²) in [6, 6.07) is 6.07. The molecule has 4 rings (SSSR count). The number of thioether (sulfide) groups is 1. The van der Waals surface area contributed by atoms with E-state index in [0.717, 1.165) is 32.2 Å². The lowest BCUT2D eigenvalue weighted by Crippen LogP contribution is -2.44. The van der Waals surface area contributed by atoms with Crippen LogP contribution in [0.25, 0.3) is 16.7 Å². The van der Waals surface area contributed by atoms with Gasteiger partial charge in [0.05, 0.1) is 22.5 Å². The van der Waals surface area contributed by atoms with Crippen molar-refractivity contribution >= 4 is 38.7 Å². The summed E-state index contributed by atoms with van der Waals surface area (Å²) in [5.41, 5.74) is 0.481. The Labute approximate surface area is 189 Å². The summed E-state index contributed by atoms with van der Waals surface area (Å²) in [6.07, 6.45) is 5.51. The maximum Gasteiger partial charge on any atom is 0.262 e. The van der Waals surface area contributed by atoms with Gasteiger partial charge in [-0.25, -0.2) is 23.2 Å². The Hall–Kier alpha value is -2.70. The third-order valence-electron chi connectivity index (χ3n) is 5.58. The van der Waals surface area contributed by atoms with E-state index >= 15 is 0 Å². The zero-order valence-electron chi connectivity index (χ0n) is 17.5. The molecule has 3 heterocycles. The molecule has 0 saturated carbocycles. The molecule has 2 aromatic heterocycles. The number of nitrogens with two attached hydrogens (primary N) is 1. The van der Waals surface area contributed by atoms with Crippen LogP contribution < -0.4 is 10.7 Å². The van der Waals surface area contributed by atoms with Crippen molar-refractivity contribution in [2.24, 2.45) is 5.14 Å². The molecule has 0 aliphatic carbocycles. The molecule has 3 N–H and O–H groups in total. The number of nitrogens with zero attached hydrogens (tertiary/aromatic N) is 4. The summed E-state index contributed by atoms with van der Waals surface area (Å²) in [4.78, 5) is 34.4. The number of likely N-dealkylation sites (tertiary alicyclic amines) is 1. The molecule has 1 aromatic carbocycles. The second-order valence-electron chi connectivity index (χ2n) is 7.64. The van der Waals surface area contributed by atoms with Gasteiger partial charge < -0.3 is 9.88 Å². The van der Waals surface area contributed by atoms with Crippen molar-refractivity contribution in [3.8, 4) is 5.69 Å². The number of aromatic nitrogens is 4. The first-order chi connectivity index (χ1) is 15.3. The van der Waals surface area contributed by atoms with Crippen molar-refractivity contribution in [2.75, 3.05) is 12.3 Å². The van der Waals surface area contributed by atoms with Crippen LogP contribution in [0.15, 0.2) is 45.3 Å². The van der Waals surface area contributed by atoms with E-state index in [1.54, 1.807) is 0 Å². The summed E-state index contributed by atoms with van der Waals surface area (Å²) in [5.74, 6) is 0.221. The summed E-state index contributed by atoms with van der Waals surface area (Å²) < 4.78 is 24.4. The fourth-order valence-electron chi connectivity index (χ4n) is 3.90. The highest BCUT2D eigenvalue weighted by Gasteiger charge is 2.25. The smallest absolute Gasteiger partial charge is 0.262 e. The zero-order valence-corrected chi connectivity index (χ0v) is 19.2. The van der Waals surface area contributed by atoms with Crippen molar-refractivity contribution in [1.82, 2.24) is 24.6 Å². The minimum atomic E-state index is -3.81. The van der Waals surface area contributed by atoms with Crippen LogP contribution in [0.4, 0.5) is 0 Å². The van der Waals surface area contributed by atoms with Crippen molar-refractivity contribution in [1.29, 1.82) is 0 Å². The molecule has 1 fully saturated rings. The van der Waals surface area contributed by atoms with E-state index in [-0.39, 0.29) is 28.2 Å². The van der Waals surface area contributed by atoms with E-state index in [2.05, 4.69) is 22.0 Å². The normalized spacial score (nSPS) is 17.1. The quantitative estimate of drug-likeness (QED) is 0.406. The molecule has 10 nitrogen and oxygen atoms in total. The van der Waals surface area contributed by atoms with Crippen LogP contribution in [-0.4, -0.2) is 57.3 Å². The monoisotopic (exact) mass is 476 g/mol. The third-order valence-corrected chi connectivity index (χ3v) is 7.36. The van der Waals surface area contributed by atoms with Gasteiger partial charge in [0.1, 0.15) is 5.39 Å². The van der Waals surface area contributed by atoms with E-state index in [9.17, 15) is 18.0 Å². The van der Waals surface area contributed by atoms with Gasteiger partial charge in [-0.05, 0) is 49.9 Å². The fourth-order valence-corrected chi connectivity index (χ4v) is 5.16. The number of primary sulfonamides is 1. The van der Waals surface area contributed by atoms with Gasteiger partial charge in [-0.3, -0.25) is 9.59 Å². The standard InChI is InChI=1S/C20H24N6O4S2/c1-2-13-5-3-4-10-25(13)17(27)12-31-20-23-18-16(19(28)24-20)11-22-26(18)14-6-8-15(9-7-14)32(21,29)30/h6-9,11,13H,2-5,10,12H2,1H3,(H2,21,29,30)(H,23,24,28). The van der Waals surface area contributed by atoms with Gasteiger partial charge in [-0.2, -0.15) is 5.10 Å². The number of hydrogen-bond donors (Lipinski definition) is 2. The first-order valence-electron chi connectivity index (χ1n) is 10.3. The van der Waals surface area contributed by atoms with E-state index in [4.69, 9.17) is 5.14 Å². The first-order valence-corrected chi connectivity index (χ1v) is 12.8. The molecule has 1 atom stereocenters. The predicted octanol–water partition coefficient (Wildman–Crippen LogP) is 1.64. The van der Waals surface area contributed by atoms with E-state index in [1.807, 2.05) is 4.90 Å². The van der Waals surface area contributed by atoms with Gasteiger partial charge in [-0.15, -0.1) is 0 Å². The second-order valence-corrected chi connectivity index (χ2v) is 10.2. The fraction of sp³-hybridized carbons (Fsp3) is 0.400. The van der Waals surface area contributed by atoms with Crippen LogP contribution in [0.5, 0.6) is 0 Å². The largest absolute Gasteiger partial charge is 0.339 e. The second kappa shape index (κ2) is 9.04. The Morgan fingerprint density at radius 3 is 2.72 bits per heavy atom. The number of piperidine rings is 1. The molecule has 1 aliphatic heterocycles. The van der Waals surface area contributed by atoms with Gasteiger partial charge in [0.25, 0.3) is 5.56 Å². The van der Waals surface area contributed by atoms with Crippen molar-refractivity contribution in [3.05, 3.63) is 40.8 Å². The maximum atomic E-state index is 12.7. The number of H-pyrrole nitrogens is 1. The van der Waals surface area contributed by atoms with Gasteiger partial charge in [0.2, 0.25) is 15.9 Å². The van der Waals surface area contributed by atoms with Crippen LogP contribution in [-0.2, 0) is 14.8 Å². The zero-order chi connectivity index (χ0) is 22.9. The molecular formula is C20H24N6O4S2. The van der Waals surface area contributed by atoms with E-state index in [1.165, 1.54) is 46.9 Å². The number of benzene rings is 1. The molecule has 0 spiro atoms. The lowest BCUT2D eigenvalue weighted by atomic mass is 10.0. The highest BCUT2D eigenvalue weighted by Crippen LogP contribution is 2.23. The summed E-state index contributed by atoms with van der Waals surface area (Å²) in [6.45, 7) is 2.86. The van der Waals surface area contributed by atoms with Gasteiger partial charge in [-0.1, -0.05) is 18.7 Å². The molecule has 0 bridgehead atoms. The van der Waals surface area contributed by atoms with Crippen molar-refractivity contribution in [3.63, 3.8) is 0 Å². The van der Waals surface area contributed by atoms with Crippen LogP contribution in [0.1, 0.15) is 32.6 Å². The number of carbonyl (C=O) groups is 1. The molecule has 170 valence electrons. The van der Waals surface area contributed by atoms with Gasteiger partial charge in [0, 0.05) is 12.6 Å². The Bertz CT molecular complexity index is 1300. The number of sulfonamides is 1. The van der Waals surface area contributed by atoms with Crippen LogP contribution in [0.3, 0.4) is 0 Å². The van der Waals surface area contributed by atoms with Crippen molar-refractivity contribution < 1.29 is 13.2 Å². The number of hydrogen-bond acceptors (Lipinski definition) is 7. The third kappa shape index (κ3) is 4.57. The molecule has 1 aliphatic rings.